The lowest BCUT2D eigenvalue weighted by Crippen LogP contribution is -2.08. The molecular weight excluding hydrogens is 342 g/mol. The summed E-state index contributed by atoms with van der Waals surface area (Å²) in [6.45, 7) is 3.65. The van der Waals surface area contributed by atoms with Crippen LogP contribution in [0, 0.1) is 13.8 Å². The van der Waals surface area contributed by atoms with Gasteiger partial charge >= 0.3 is 5.97 Å². The van der Waals surface area contributed by atoms with Gasteiger partial charge in [-0.25, -0.2) is 9.78 Å². The second-order valence-corrected chi connectivity index (χ2v) is 5.99. The molecule has 138 valence electrons. The summed E-state index contributed by atoms with van der Waals surface area (Å²) in [5.74, 6) is 1.32. The molecule has 0 unspecified atom stereocenters. The van der Waals surface area contributed by atoms with Crippen LogP contribution in [-0.4, -0.2) is 18.1 Å². The Morgan fingerprint density at radius 2 is 1.78 bits per heavy atom. The topological polar surface area (TPSA) is 61.6 Å². The summed E-state index contributed by atoms with van der Waals surface area (Å²) < 4.78 is 16.3. The zero-order valence-corrected chi connectivity index (χ0v) is 15.6. The second kappa shape index (κ2) is 8.36. The van der Waals surface area contributed by atoms with Crippen LogP contribution < -0.4 is 4.74 Å². The van der Waals surface area contributed by atoms with Gasteiger partial charge in [0.05, 0.1) is 18.4 Å². The number of methoxy groups -OCH3 is 1. The Hall–Kier alpha value is -3.34. The molecule has 2 aromatic carbocycles. The average Bonchev–Trinajstić information content (AvgIpc) is 3.02. The predicted octanol–water partition coefficient (Wildman–Crippen LogP) is 4.58. The number of nitrogens with zero attached hydrogens (tertiary/aromatic N) is 1. The van der Waals surface area contributed by atoms with Crippen molar-refractivity contribution in [3.8, 4) is 5.75 Å². The SMILES string of the molecule is COc1ccccc1/C=C(/C(=O)OCc1nc(C)c(C)o1)c1ccccc1. The van der Waals surface area contributed by atoms with Gasteiger partial charge in [-0.3, -0.25) is 0 Å². The summed E-state index contributed by atoms with van der Waals surface area (Å²) in [6, 6.07) is 16.9. The maximum absolute atomic E-state index is 12.8. The lowest BCUT2D eigenvalue weighted by Gasteiger charge is -2.10. The number of aryl methyl sites for hydroxylation is 2. The molecule has 5 nitrogen and oxygen atoms in total. The lowest BCUT2D eigenvalue weighted by molar-refractivity contribution is -0.138. The number of carbonyl (C=O) groups excluding carboxylic acids is 1. The van der Waals surface area contributed by atoms with Crippen molar-refractivity contribution in [2.24, 2.45) is 0 Å². The number of para-hydroxylation sites is 1. The summed E-state index contributed by atoms with van der Waals surface area (Å²) in [5.41, 5.74) is 2.76. The van der Waals surface area contributed by atoms with Gasteiger partial charge in [0.25, 0.3) is 0 Å². The Morgan fingerprint density at radius 3 is 2.44 bits per heavy atom. The summed E-state index contributed by atoms with van der Waals surface area (Å²) in [5, 5.41) is 0. The van der Waals surface area contributed by atoms with Crippen LogP contribution in [0.1, 0.15) is 28.5 Å². The molecule has 0 spiro atoms. The number of hydrogen-bond acceptors (Lipinski definition) is 5. The molecular formula is C22H21NO4. The van der Waals surface area contributed by atoms with Gasteiger partial charge in [-0.2, -0.15) is 0 Å². The fourth-order valence-corrected chi connectivity index (χ4v) is 2.62. The van der Waals surface area contributed by atoms with Crippen molar-refractivity contribution in [1.82, 2.24) is 4.98 Å². The molecule has 27 heavy (non-hydrogen) atoms. The number of oxazole rings is 1. The molecule has 1 heterocycles. The molecule has 0 atom stereocenters. The van der Waals surface area contributed by atoms with Gasteiger partial charge in [0.15, 0.2) is 6.61 Å². The summed E-state index contributed by atoms with van der Waals surface area (Å²) >= 11 is 0. The summed E-state index contributed by atoms with van der Waals surface area (Å²) in [6.07, 6.45) is 1.77. The van der Waals surface area contributed by atoms with Crippen molar-refractivity contribution in [3.63, 3.8) is 0 Å². The van der Waals surface area contributed by atoms with Crippen LogP contribution in [0.3, 0.4) is 0 Å². The minimum Gasteiger partial charge on any atom is -0.496 e. The minimum atomic E-state index is -0.458. The Kier molecular flexibility index (Phi) is 5.71. The van der Waals surface area contributed by atoms with E-state index in [4.69, 9.17) is 13.9 Å². The van der Waals surface area contributed by atoms with Crippen LogP contribution in [0.15, 0.2) is 59.0 Å². The molecule has 1 aromatic heterocycles. The molecule has 0 bridgehead atoms. The number of aromatic nitrogens is 1. The molecule has 0 saturated carbocycles. The van der Waals surface area contributed by atoms with Gasteiger partial charge in [-0.1, -0.05) is 48.5 Å². The summed E-state index contributed by atoms with van der Waals surface area (Å²) in [4.78, 5) is 17.1. The number of rotatable bonds is 6. The number of benzene rings is 2. The van der Waals surface area contributed by atoms with E-state index in [1.54, 1.807) is 13.2 Å². The van der Waals surface area contributed by atoms with Crippen LogP contribution in [-0.2, 0) is 16.1 Å². The van der Waals surface area contributed by atoms with Crippen molar-refractivity contribution in [1.29, 1.82) is 0 Å². The quantitative estimate of drug-likeness (QED) is 0.364. The van der Waals surface area contributed by atoms with E-state index in [1.807, 2.05) is 68.4 Å². The maximum Gasteiger partial charge on any atom is 0.339 e. The van der Waals surface area contributed by atoms with Crippen molar-refractivity contribution in [2.75, 3.05) is 7.11 Å². The highest BCUT2D eigenvalue weighted by molar-refractivity contribution is 6.21. The van der Waals surface area contributed by atoms with Crippen LogP contribution in [0.25, 0.3) is 11.6 Å². The monoisotopic (exact) mass is 363 g/mol. The first kappa shape index (κ1) is 18.5. The number of esters is 1. The molecule has 3 aromatic rings. The Balaban J connectivity index is 1.90. The predicted molar refractivity (Wildman–Crippen MR) is 103 cm³/mol. The third-order valence-corrected chi connectivity index (χ3v) is 4.14. The standard InChI is InChI=1S/C22H21NO4/c1-15-16(2)27-21(23-15)14-26-22(24)19(17-9-5-4-6-10-17)13-18-11-7-8-12-20(18)25-3/h4-13H,14H2,1-3H3/b19-13+. The number of ether oxygens (including phenoxy) is 2. The lowest BCUT2D eigenvalue weighted by atomic mass is 10.0. The molecule has 3 rings (SSSR count). The first-order valence-electron chi connectivity index (χ1n) is 8.58. The third kappa shape index (κ3) is 4.44. The fourth-order valence-electron chi connectivity index (χ4n) is 2.62. The molecule has 5 heteroatoms. The van der Waals surface area contributed by atoms with Crippen molar-refractivity contribution in [2.45, 2.75) is 20.5 Å². The van der Waals surface area contributed by atoms with E-state index < -0.39 is 5.97 Å². The molecule has 0 aliphatic rings. The molecule has 0 aliphatic heterocycles. The van der Waals surface area contributed by atoms with E-state index in [1.165, 1.54) is 0 Å². The van der Waals surface area contributed by atoms with Gasteiger partial charge in [0.1, 0.15) is 11.5 Å². The first-order valence-corrected chi connectivity index (χ1v) is 8.58. The molecule has 0 fully saturated rings. The van der Waals surface area contributed by atoms with Crippen LogP contribution in [0.5, 0.6) is 5.75 Å². The van der Waals surface area contributed by atoms with Gasteiger partial charge in [-0.15, -0.1) is 0 Å². The molecule has 0 N–H and O–H groups in total. The van der Waals surface area contributed by atoms with Crippen molar-refractivity contribution >= 4 is 17.6 Å². The number of hydrogen-bond donors (Lipinski definition) is 0. The Morgan fingerprint density at radius 1 is 1.07 bits per heavy atom. The zero-order chi connectivity index (χ0) is 19.2. The first-order chi connectivity index (χ1) is 13.1. The van der Waals surface area contributed by atoms with Gasteiger partial charge in [-0.05, 0) is 31.6 Å². The van der Waals surface area contributed by atoms with Gasteiger partial charge < -0.3 is 13.9 Å². The minimum absolute atomic E-state index is 0.0242. The van der Waals surface area contributed by atoms with Crippen molar-refractivity contribution in [3.05, 3.63) is 83.1 Å². The third-order valence-electron chi connectivity index (χ3n) is 4.14. The average molecular weight is 363 g/mol. The second-order valence-electron chi connectivity index (χ2n) is 5.99. The highest BCUT2D eigenvalue weighted by Crippen LogP contribution is 2.26. The van der Waals surface area contributed by atoms with E-state index in [2.05, 4.69) is 4.98 Å². The van der Waals surface area contributed by atoms with Gasteiger partial charge in [0.2, 0.25) is 5.89 Å². The molecule has 0 aliphatic carbocycles. The van der Waals surface area contributed by atoms with E-state index in [-0.39, 0.29) is 6.61 Å². The van der Waals surface area contributed by atoms with Crippen molar-refractivity contribution < 1.29 is 18.7 Å². The summed E-state index contributed by atoms with van der Waals surface area (Å²) in [7, 11) is 1.60. The Labute approximate surface area is 158 Å². The highest BCUT2D eigenvalue weighted by Gasteiger charge is 2.16. The normalized spacial score (nSPS) is 11.3. The zero-order valence-electron chi connectivity index (χ0n) is 15.6. The van der Waals surface area contributed by atoms with E-state index >= 15 is 0 Å². The molecule has 0 radical (unpaired) electrons. The number of carbonyl (C=O) groups is 1. The van der Waals surface area contributed by atoms with Crippen LogP contribution in [0.2, 0.25) is 0 Å². The van der Waals surface area contributed by atoms with E-state index in [9.17, 15) is 4.79 Å². The Bertz CT molecular complexity index is 938. The molecule has 0 amide bonds. The van der Waals surface area contributed by atoms with Crippen LogP contribution >= 0.6 is 0 Å². The fraction of sp³-hybridized carbons (Fsp3) is 0.182. The molecule has 0 saturated heterocycles. The largest absolute Gasteiger partial charge is 0.496 e. The highest BCUT2D eigenvalue weighted by atomic mass is 16.5. The van der Waals surface area contributed by atoms with Gasteiger partial charge in [0, 0.05) is 5.56 Å². The van der Waals surface area contributed by atoms with Crippen LogP contribution in [0.4, 0.5) is 0 Å². The maximum atomic E-state index is 12.8. The smallest absolute Gasteiger partial charge is 0.339 e. The van der Waals surface area contributed by atoms with E-state index in [0.29, 0.717) is 23.0 Å². The van der Waals surface area contributed by atoms with E-state index in [0.717, 1.165) is 16.8 Å².